The summed E-state index contributed by atoms with van der Waals surface area (Å²) in [5, 5.41) is 3.02. The van der Waals surface area contributed by atoms with E-state index < -0.39 is 0 Å². The summed E-state index contributed by atoms with van der Waals surface area (Å²) in [7, 11) is 1.88. The molecular weight excluding hydrogens is 174 g/mol. The summed E-state index contributed by atoms with van der Waals surface area (Å²) < 4.78 is 0. The number of ketones is 1. The zero-order valence-electron chi connectivity index (χ0n) is 9.51. The lowest BCUT2D eigenvalue weighted by atomic mass is 10.0. The summed E-state index contributed by atoms with van der Waals surface area (Å²) in [6.07, 6.45) is 7.08. The topological polar surface area (TPSA) is 29.1 Å². The summed E-state index contributed by atoms with van der Waals surface area (Å²) in [6, 6.07) is 0. The van der Waals surface area contributed by atoms with E-state index in [4.69, 9.17) is 0 Å². The summed E-state index contributed by atoms with van der Waals surface area (Å²) in [5.41, 5.74) is 0. The highest BCUT2D eigenvalue weighted by molar-refractivity contribution is 5.80. The van der Waals surface area contributed by atoms with Gasteiger partial charge in [-0.2, -0.15) is 0 Å². The molecule has 0 aliphatic rings. The van der Waals surface area contributed by atoms with Gasteiger partial charge in [-0.15, -0.1) is 6.58 Å². The minimum atomic E-state index is 0.166. The van der Waals surface area contributed by atoms with E-state index in [1.807, 2.05) is 20.0 Å². The van der Waals surface area contributed by atoms with Crippen LogP contribution in [0.25, 0.3) is 0 Å². The first-order valence-electron chi connectivity index (χ1n) is 5.50. The van der Waals surface area contributed by atoms with Crippen LogP contribution in [0.2, 0.25) is 0 Å². The van der Waals surface area contributed by atoms with Gasteiger partial charge in [0.05, 0.1) is 0 Å². The molecule has 0 heterocycles. The Kier molecular flexibility index (Phi) is 8.54. The van der Waals surface area contributed by atoms with E-state index in [0.717, 1.165) is 38.6 Å². The average Bonchev–Trinajstić information content (AvgIpc) is 2.17. The van der Waals surface area contributed by atoms with Gasteiger partial charge in [0.2, 0.25) is 0 Å². The first-order chi connectivity index (χ1) is 6.72. The van der Waals surface area contributed by atoms with Crippen molar-refractivity contribution in [2.45, 2.75) is 39.0 Å². The van der Waals surface area contributed by atoms with Crippen LogP contribution in [-0.4, -0.2) is 19.4 Å². The zero-order valence-corrected chi connectivity index (χ0v) is 9.51. The van der Waals surface area contributed by atoms with Crippen molar-refractivity contribution in [3.8, 4) is 0 Å². The Hall–Kier alpha value is -0.630. The quantitative estimate of drug-likeness (QED) is 0.454. The van der Waals surface area contributed by atoms with Gasteiger partial charge in [0, 0.05) is 18.9 Å². The number of allylic oxidation sites excluding steroid dienone is 1. The molecule has 2 heteroatoms. The third-order valence-corrected chi connectivity index (χ3v) is 2.39. The fraction of sp³-hybridized carbons (Fsp3) is 0.750. The molecule has 0 aliphatic heterocycles. The van der Waals surface area contributed by atoms with E-state index in [2.05, 4.69) is 11.9 Å². The molecular formula is C12H23NO. The molecule has 2 nitrogen and oxygen atoms in total. The summed E-state index contributed by atoms with van der Waals surface area (Å²) in [4.78, 5) is 11.5. The number of hydrogen-bond donors (Lipinski definition) is 1. The number of nitrogens with one attached hydrogen (secondary N) is 1. The van der Waals surface area contributed by atoms with Gasteiger partial charge < -0.3 is 5.32 Å². The predicted molar refractivity (Wildman–Crippen MR) is 61.4 cm³/mol. The van der Waals surface area contributed by atoms with Gasteiger partial charge in [0.25, 0.3) is 0 Å². The van der Waals surface area contributed by atoms with Gasteiger partial charge in [-0.25, -0.2) is 0 Å². The van der Waals surface area contributed by atoms with Crippen LogP contribution in [0.4, 0.5) is 0 Å². The van der Waals surface area contributed by atoms with Crippen LogP contribution in [-0.2, 0) is 4.79 Å². The largest absolute Gasteiger partial charge is 0.319 e. The molecule has 0 aromatic carbocycles. The third-order valence-electron chi connectivity index (χ3n) is 2.39. The Morgan fingerprint density at radius 1 is 1.43 bits per heavy atom. The Bertz CT molecular complexity index is 166. The molecule has 1 atom stereocenters. The SMILES string of the molecule is C=CCCCCCC(=O)C(C)CNC. The molecule has 82 valence electrons. The lowest BCUT2D eigenvalue weighted by Crippen LogP contribution is -2.23. The number of Topliss-reactive ketones (excluding diaryl/α,β-unsaturated/α-hetero) is 1. The number of carbonyl (C=O) groups is 1. The molecule has 14 heavy (non-hydrogen) atoms. The van der Waals surface area contributed by atoms with Crippen LogP contribution in [0.5, 0.6) is 0 Å². The van der Waals surface area contributed by atoms with Crippen LogP contribution < -0.4 is 5.32 Å². The Labute approximate surface area is 87.8 Å². The predicted octanol–water partition coefficient (Wildman–Crippen LogP) is 2.55. The van der Waals surface area contributed by atoms with Gasteiger partial charge in [0.15, 0.2) is 0 Å². The number of unbranched alkanes of at least 4 members (excludes halogenated alkanes) is 3. The molecule has 1 unspecified atom stereocenters. The minimum absolute atomic E-state index is 0.166. The van der Waals surface area contributed by atoms with Crippen molar-refractivity contribution in [1.29, 1.82) is 0 Å². The summed E-state index contributed by atoms with van der Waals surface area (Å²) in [5.74, 6) is 0.553. The van der Waals surface area contributed by atoms with Gasteiger partial charge in [-0.3, -0.25) is 4.79 Å². The Balaban J connectivity index is 3.38. The molecule has 0 saturated carbocycles. The number of rotatable bonds is 9. The lowest BCUT2D eigenvalue weighted by Gasteiger charge is -2.08. The maximum absolute atomic E-state index is 11.5. The van der Waals surface area contributed by atoms with E-state index >= 15 is 0 Å². The molecule has 0 rings (SSSR count). The molecule has 0 bridgehead atoms. The highest BCUT2D eigenvalue weighted by atomic mass is 16.1. The third kappa shape index (κ3) is 6.84. The van der Waals surface area contributed by atoms with E-state index in [-0.39, 0.29) is 5.92 Å². The van der Waals surface area contributed by atoms with Crippen molar-refractivity contribution >= 4 is 5.78 Å². The fourth-order valence-corrected chi connectivity index (χ4v) is 1.43. The standard InChI is InChI=1S/C12H23NO/c1-4-5-6-7-8-9-12(14)11(2)10-13-3/h4,11,13H,1,5-10H2,2-3H3. The number of carbonyl (C=O) groups excluding carboxylic acids is 1. The van der Waals surface area contributed by atoms with Crippen molar-refractivity contribution < 1.29 is 4.79 Å². The highest BCUT2D eigenvalue weighted by Crippen LogP contribution is 2.07. The van der Waals surface area contributed by atoms with Crippen LogP contribution in [0.1, 0.15) is 39.0 Å². The van der Waals surface area contributed by atoms with E-state index in [1.165, 1.54) is 0 Å². The Morgan fingerprint density at radius 2 is 2.14 bits per heavy atom. The molecule has 0 aromatic rings. The molecule has 0 fully saturated rings. The van der Waals surface area contributed by atoms with Crippen LogP contribution >= 0.6 is 0 Å². The fourth-order valence-electron chi connectivity index (χ4n) is 1.43. The Morgan fingerprint density at radius 3 is 2.71 bits per heavy atom. The van der Waals surface area contributed by atoms with Gasteiger partial charge in [-0.05, 0) is 26.3 Å². The maximum Gasteiger partial charge on any atom is 0.136 e. The first kappa shape index (κ1) is 13.4. The molecule has 0 radical (unpaired) electrons. The lowest BCUT2D eigenvalue weighted by molar-refractivity contribution is -0.122. The van der Waals surface area contributed by atoms with E-state index in [1.54, 1.807) is 0 Å². The van der Waals surface area contributed by atoms with Crippen molar-refractivity contribution in [2.75, 3.05) is 13.6 Å². The summed E-state index contributed by atoms with van der Waals surface area (Å²) >= 11 is 0. The van der Waals surface area contributed by atoms with Crippen molar-refractivity contribution in [2.24, 2.45) is 5.92 Å². The van der Waals surface area contributed by atoms with Gasteiger partial charge >= 0.3 is 0 Å². The molecule has 0 aliphatic carbocycles. The minimum Gasteiger partial charge on any atom is -0.319 e. The van der Waals surface area contributed by atoms with Crippen molar-refractivity contribution in [3.63, 3.8) is 0 Å². The molecule has 0 saturated heterocycles. The van der Waals surface area contributed by atoms with E-state index in [9.17, 15) is 4.79 Å². The monoisotopic (exact) mass is 197 g/mol. The molecule has 1 N–H and O–H groups in total. The molecule has 0 spiro atoms. The van der Waals surface area contributed by atoms with Crippen LogP contribution in [0.15, 0.2) is 12.7 Å². The van der Waals surface area contributed by atoms with Crippen LogP contribution in [0.3, 0.4) is 0 Å². The van der Waals surface area contributed by atoms with Gasteiger partial charge in [0.1, 0.15) is 5.78 Å². The second-order valence-electron chi connectivity index (χ2n) is 3.81. The number of hydrogen-bond acceptors (Lipinski definition) is 2. The van der Waals surface area contributed by atoms with Gasteiger partial charge in [-0.1, -0.05) is 19.4 Å². The normalized spacial score (nSPS) is 12.4. The van der Waals surface area contributed by atoms with Crippen LogP contribution in [0, 0.1) is 5.92 Å². The second-order valence-corrected chi connectivity index (χ2v) is 3.81. The first-order valence-corrected chi connectivity index (χ1v) is 5.50. The van der Waals surface area contributed by atoms with Crippen molar-refractivity contribution in [1.82, 2.24) is 5.32 Å². The zero-order chi connectivity index (χ0) is 10.8. The average molecular weight is 197 g/mol. The highest BCUT2D eigenvalue weighted by Gasteiger charge is 2.10. The molecule has 0 aromatic heterocycles. The van der Waals surface area contributed by atoms with E-state index in [0.29, 0.717) is 5.78 Å². The summed E-state index contributed by atoms with van der Waals surface area (Å²) in [6.45, 7) is 6.46. The van der Waals surface area contributed by atoms with Crippen molar-refractivity contribution in [3.05, 3.63) is 12.7 Å². The maximum atomic E-state index is 11.5. The molecule has 0 amide bonds. The second kappa shape index (κ2) is 8.95. The smallest absolute Gasteiger partial charge is 0.136 e.